The summed E-state index contributed by atoms with van der Waals surface area (Å²) in [5.41, 5.74) is 2.83. The SMILES string of the molecule is CNC(C)C(=O)NCCc1cscn1. The number of aromatic nitrogens is 1. The van der Waals surface area contributed by atoms with Gasteiger partial charge in [0.1, 0.15) is 0 Å². The topological polar surface area (TPSA) is 54.0 Å². The van der Waals surface area contributed by atoms with Crippen molar-refractivity contribution < 1.29 is 4.79 Å². The summed E-state index contributed by atoms with van der Waals surface area (Å²) < 4.78 is 0. The van der Waals surface area contributed by atoms with Crippen molar-refractivity contribution in [2.24, 2.45) is 0 Å². The van der Waals surface area contributed by atoms with E-state index in [0.717, 1.165) is 12.1 Å². The van der Waals surface area contributed by atoms with Gasteiger partial charge in [-0.2, -0.15) is 0 Å². The Bertz CT molecular complexity index is 274. The van der Waals surface area contributed by atoms with Crippen LogP contribution in [0.15, 0.2) is 10.9 Å². The van der Waals surface area contributed by atoms with Gasteiger partial charge in [-0.05, 0) is 14.0 Å². The predicted octanol–water partition coefficient (Wildman–Crippen LogP) is 0.410. The maximum absolute atomic E-state index is 11.3. The third-order valence-electron chi connectivity index (χ3n) is 1.99. The Morgan fingerprint density at radius 3 is 3.07 bits per heavy atom. The lowest BCUT2D eigenvalue weighted by Gasteiger charge is -2.09. The molecule has 0 aromatic carbocycles. The molecule has 0 aliphatic rings. The maximum atomic E-state index is 11.3. The minimum absolute atomic E-state index is 0.0303. The lowest BCUT2D eigenvalue weighted by molar-refractivity contribution is -0.122. The van der Waals surface area contributed by atoms with Crippen molar-refractivity contribution in [2.45, 2.75) is 19.4 Å². The van der Waals surface area contributed by atoms with Crippen molar-refractivity contribution in [3.8, 4) is 0 Å². The number of nitrogens with one attached hydrogen (secondary N) is 2. The number of carbonyl (C=O) groups is 1. The molecule has 78 valence electrons. The van der Waals surface area contributed by atoms with E-state index < -0.39 is 0 Å². The quantitative estimate of drug-likeness (QED) is 0.745. The zero-order valence-corrected chi connectivity index (χ0v) is 9.23. The van der Waals surface area contributed by atoms with Gasteiger partial charge in [0, 0.05) is 18.3 Å². The van der Waals surface area contributed by atoms with Crippen LogP contribution < -0.4 is 10.6 Å². The lowest BCUT2D eigenvalue weighted by Crippen LogP contribution is -2.41. The third-order valence-corrected chi connectivity index (χ3v) is 2.63. The van der Waals surface area contributed by atoms with Crippen molar-refractivity contribution in [1.82, 2.24) is 15.6 Å². The van der Waals surface area contributed by atoms with Crippen LogP contribution in [-0.2, 0) is 11.2 Å². The van der Waals surface area contributed by atoms with Crippen molar-refractivity contribution in [3.63, 3.8) is 0 Å². The average Bonchev–Trinajstić information content (AvgIpc) is 2.69. The van der Waals surface area contributed by atoms with Gasteiger partial charge in [-0.25, -0.2) is 4.98 Å². The van der Waals surface area contributed by atoms with Gasteiger partial charge >= 0.3 is 0 Å². The molecule has 14 heavy (non-hydrogen) atoms. The Hall–Kier alpha value is -0.940. The van der Waals surface area contributed by atoms with Gasteiger partial charge < -0.3 is 10.6 Å². The highest BCUT2D eigenvalue weighted by molar-refractivity contribution is 7.07. The Kier molecular flexibility index (Phi) is 4.55. The number of likely N-dealkylation sites (N-methyl/N-ethyl adjacent to an activating group) is 1. The highest BCUT2D eigenvalue weighted by atomic mass is 32.1. The summed E-state index contributed by atoms with van der Waals surface area (Å²) in [5.74, 6) is 0.0303. The Morgan fingerprint density at radius 1 is 1.71 bits per heavy atom. The van der Waals surface area contributed by atoms with E-state index in [1.807, 2.05) is 12.3 Å². The number of amides is 1. The van der Waals surface area contributed by atoms with Gasteiger partial charge in [-0.3, -0.25) is 4.79 Å². The zero-order valence-electron chi connectivity index (χ0n) is 8.41. The average molecular weight is 213 g/mol. The molecular formula is C9H15N3OS. The van der Waals surface area contributed by atoms with Crippen molar-refractivity contribution in [2.75, 3.05) is 13.6 Å². The molecule has 0 fully saturated rings. The highest BCUT2D eigenvalue weighted by Gasteiger charge is 2.08. The van der Waals surface area contributed by atoms with Crippen LogP contribution in [0.1, 0.15) is 12.6 Å². The first-order chi connectivity index (χ1) is 6.74. The van der Waals surface area contributed by atoms with Gasteiger partial charge in [0.2, 0.25) is 5.91 Å². The number of thiazole rings is 1. The molecular weight excluding hydrogens is 198 g/mol. The number of carbonyl (C=O) groups excluding carboxylic acids is 1. The van der Waals surface area contributed by atoms with E-state index >= 15 is 0 Å². The van der Waals surface area contributed by atoms with Gasteiger partial charge in [0.05, 0.1) is 17.2 Å². The Morgan fingerprint density at radius 2 is 2.50 bits per heavy atom. The van der Waals surface area contributed by atoms with E-state index in [-0.39, 0.29) is 11.9 Å². The molecule has 1 amide bonds. The van der Waals surface area contributed by atoms with Crippen LogP contribution in [0.2, 0.25) is 0 Å². The van der Waals surface area contributed by atoms with Gasteiger partial charge in [0.25, 0.3) is 0 Å². The first-order valence-electron chi connectivity index (χ1n) is 4.56. The third kappa shape index (κ3) is 3.43. The fraction of sp³-hybridized carbons (Fsp3) is 0.556. The van der Waals surface area contributed by atoms with Crippen LogP contribution in [0, 0.1) is 0 Å². The summed E-state index contributed by atoms with van der Waals surface area (Å²) in [4.78, 5) is 15.4. The fourth-order valence-electron chi connectivity index (χ4n) is 0.959. The predicted molar refractivity (Wildman–Crippen MR) is 57.3 cm³/mol. The van der Waals surface area contributed by atoms with Crippen LogP contribution in [0.25, 0.3) is 0 Å². The van der Waals surface area contributed by atoms with Gasteiger partial charge in [-0.1, -0.05) is 0 Å². The van der Waals surface area contributed by atoms with Crippen molar-refractivity contribution in [3.05, 3.63) is 16.6 Å². The number of rotatable bonds is 5. The molecule has 1 rings (SSSR count). The van der Waals surface area contributed by atoms with Crippen molar-refractivity contribution in [1.29, 1.82) is 0 Å². The van der Waals surface area contributed by atoms with Crippen LogP contribution in [0.5, 0.6) is 0 Å². The molecule has 0 saturated heterocycles. The van der Waals surface area contributed by atoms with Gasteiger partial charge in [-0.15, -0.1) is 11.3 Å². The van der Waals surface area contributed by atoms with E-state index in [1.165, 1.54) is 0 Å². The molecule has 0 spiro atoms. The molecule has 1 heterocycles. The lowest BCUT2D eigenvalue weighted by atomic mass is 10.3. The van der Waals surface area contributed by atoms with Crippen molar-refractivity contribution >= 4 is 17.2 Å². The second kappa shape index (κ2) is 5.72. The van der Waals surface area contributed by atoms with Gasteiger partial charge in [0.15, 0.2) is 0 Å². The van der Waals surface area contributed by atoms with Crippen LogP contribution in [-0.4, -0.2) is 30.5 Å². The molecule has 1 aromatic rings. The first-order valence-corrected chi connectivity index (χ1v) is 5.50. The summed E-state index contributed by atoms with van der Waals surface area (Å²) in [5, 5.41) is 7.71. The molecule has 0 radical (unpaired) electrons. The molecule has 1 atom stereocenters. The summed E-state index contributed by atoms with van der Waals surface area (Å²) in [6.07, 6.45) is 0.797. The molecule has 2 N–H and O–H groups in total. The molecule has 5 heteroatoms. The van der Waals surface area contributed by atoms with Crippen LogP contribution in [0.3, 0.4) is 0 Å². The van der Waals surface area contributed by atoms with E-state index in [4.69, 9.17) is 0 Å². The molecule has 0 saturated carbocycles. The maximum Gasteiger partial charge on any atom is 0.236 e. The molecule has 1 unspecified atom stereocenters. The molecule has 0 bridgehead atoms. The fourth-order valence-corrected chi connectivity index (χ4v) is 1.55. The monoisotopic (exact) mass is 213 g/mol. The zero-order chi connectivity index (χ0) is 10.4. The molecule has 0 aliphatic heterocycles. The number of nitrogens with zero attached hydrogens (tertiary/aromatic N) is 1. The summed E-state index contributed by atoms with van der Waals surface area (Å²) in [7, 11) is 1.77. The second-order valence-corrected chi connectivity index (χ2v) is 3.75. The largest absolute Gasteiger partial charge is 0.354 e. The van der Waals surface area contributed by atoms with E-state index in [0.29, 0.717) is 6.54 Å². The Labute approximate surface area is 87.7 Å². The van der Waals surface area contributed by atoms with Crippen LogP contribution in [0.4, 0.5) is 0 Å². The molecule has 1 aromatic heterocycles. The first kappa shape index (κ1) is 11.1. The molecule has 4 nitrogen and oxygen atoms in total. The summed E-state index contributed by atoms with van der Waals surface area (Å²) in [6, 6.07) is -0.134. The van der Waals surface area contributed by atoms with E-state index in [9.17, 15) is 4.79 Å². The standard InChI is InChI=1S/C9H15N3OS/c1-7(10-2)9(13)11-4-3-8-5-14-6-12-8/h5-7,10H,3-4H2,1-2H3,(H,11,13). The normalized spacial score (nSPS) is 12.4. The van der Waals surface area contributed by atoms with Crippen LogP contribution >= 0.6 is 11.3 Å². The highest BCUT2D eigenvalue weighted by Crippen LogP contribution is 2.00. The molecule has 0 aliphatic carbocycles. The second-order valence-electron chi connectivity index (χ2n) is 3.03. The minimum atomic E-state index is -0.134. The Balaban J connectivity index is 2.18. The number of hydrogen-bond donors (Lipinski definition) is 2. The van der Waals surface area contributed by atoms with E-state index in [2.05, 4.69) is 15.6 Å². The smallest absolute Gasteiger partial charge is 0.236 e. The summed E-state index contributed by atoms with van der Waals surface area (Å²) in [6.45, 7) is 2.48. The summed E-state index contributed by atoms with van der Waals surface area (Å²) >= 11 is 1.57. The minimum Gasteiger partial charge on any atom is -0.354 e. The number of hydrogen-bond acceptors (Lipinski definition) is 4. The van der Waals surface area contributed by atoms with E-state index in [1.54, 1.807) is 23.9 Å².